The first-order valence-corrected chi connectivity index (χ1v) is 3.60. The zero-order valence-electron chi connectivity index (χ0n) is 4.53. The topological polar surface area (TPSA) is 74.6 Å². The van der Waals surface area contributed by atoms with Crippen molar-refractivity contribution in [2.75, 3.05) is 0 Å². The van der Waals surface area contributed by atoms with Crippen LogP contribution in [0.4, 0.5) is 0 Å². The number of hydrogen-bond donors (Lipinski definition) is 2. The summed E-state index contributed by atoms with van der Waals surface area (Å²) in [5, 5.41) is 0. The summed E-state index contributed by atoms with van der Waals surface area (Å²) in [6.45, 7) is 0. The van der Waals surface area contributed by atoms with Crippen LogP contribution in [0.25, 0.3) is 0 Å². The predicted octanol–water partition coefficient (Wildman–Crippen LogP) is -3.54. The van der Waals surface area contributed by atoms with E-state index in [1.807, 2.05) is 0 Å². The van der Waals surface area contributed by atoms with Gasteiger partial charge in [0.1, 0.15) is 0 Å². The molecule has 0 aromatic carbocycles. The van der Waals surface area contributed by atoms with Crippen molar-refractivity contribution in [1.29, 1.82) is 0 Å². The van der Waals surface area contributed by atoms with Crippen molar-refractivity contribution < 1.29 is 48.5 Å². The van der Waals surface area contributed by atoms with E-state index >= 15 is 0 Å². The molecular weight excluding hydrogens is 151 g/mol. The molecule has 0 spiro atoms. The number of hydrogen-bond acceptors (Lipinski definition) is 2. The summed E-state index contributed by atoms with van der Waals surface area (Å²) < 4.78 is 33.6. The van der Waals surface area contributed by atoms with Gasteiger partial charge in [-0.25, -0.2) is 8.42 Å². The molecule has 2 atom stereocenters. The fourth-order valence-electron chi connectivity index (χ4n) is 0. The molecule has 0 rings (SSSR count). The van der Waals surface area contributed by atoms with Crippen LogP contribution < -0.4 is 29.6 Å². The maximum Gasteiger partial charge on any atom is 1.00 e. The van der Waals surface area contributed by atoms with Gasteiger partial charge in [0.15, 0.2) is 0 Å². The summed E-state index contributed by atoms with van der Waals surface area (Å²) in [6.07, 6.45) is 0. The smallest absolute Gasteiger partial charge is 1.00 e. The summed E-state index contributed by atoms with van der Waals surface area (Å²) >= 11 is 0. The average Bonchev–Trinajstić information content (AvgIpc) is 1.36. The van der Waals surface area contributed by atoms with E-state index in [1.54, 1.807) is 0 Å². The Hall–Kier alpha value is 1.22. The second kappa shape index (κ2) is 5.36. The van der Waals surface area contributed by atoms with Crippen molar-refractivity contribution in [3.63, 3.8) is 0 Å². The van der Waals surface area contributed by atoms with Crippen molar-refractivity contribution in [3.8, 4) is 0 Å². The monoisotopic (exact) mass is 154 g/mol. The third-order valence-electron chi connectivity index (χ3n) is 0.122. The molecular formula is H3NaO4S2. The normalized spacial score (nSPS) is 16.9. The molecule has 7 heavy (non-hydrogen) atoms. The van der Waals surface area contributed by atoms with Crippen molar-refractivity contribution >= 4 is 20.2 Å². The van der Waals surface area contributed by atoms with Gasteiger partial charge in [-0.05, 0) is 0 Å². The Balaban J connectivity index is -0.000000125. The largest absolute Gasteiger partial charge is 1.00 e. The Morgan fingerprint density at radius 2 is 1.29 bits per heavy atom. The molecule has 0 aromatic heterocycles. The molecule has 0 saturated heterocycles. The van der Waals surface area contributed by atoms with Gasteiger partial charge in [0.2, 0.25) is 0 Å². The zero-order chi connectivity index (χ0) is 5.15. The second-order valence-corrected chi connectivity index (χ2v) is 3.01. The van der Waals surface area contributed by atoms with E-state index in [1.165, 1.54) is 0 Å². The Labute approximate surface area is 68.4 Å². The fraction of sp³-hybridized carbons (Fsp3) is 0. The van der Waals surface area contributed by atoms with E-state index in [2.05, 4.69) is 0 Å². The van der Waals surface area contributed by atoms with E-state index in [4.69, 9.17) is 9.11 Å². The minimum Gasteiger partial charge on any atom is -1.00 e. The summed E-state index contributed by atoms with van der Waals surface area (Å²) in [7, 11) is -5.18. The van der Waals surface area contributed by atoms with Crippen LogP contribution in [0.2, 0.25) is 0 Å². The fourth-order valence-corrected chi connectivity index (χ4v) is 0. The standard InChI is InChI=1S/Na.H2O4S2.H/c;1-5(2)6(3)4;/h;(H,1,2)(H,3,4);/q+1;;-1. The minimum atomic E-state index is -2.59. The molecule has 40 valence electrons. The maximum absolute atomic E-state index is 9.26. The van der Waals surface area contributed by atoms with Crippen molar-refractivity contribution in [3.05, 3.63) is 0 Å². The Bertz CT molecular complexity index is 80.0. The molecule has 0 radical (unpaired) electrons. The van der Waals surface area contributed by atoms with Crippen LogP contribution in [-0.2, 0) is 20.2 Å². The molecule has 2 unspecified atom stereocenters. The summed E-state index contributed by atoms with van der Waals surface area (Å²) in [5.41, 5.74) is 0. The van der Waals surface area contributed by atoms with Gasteiger partial charge in [-0.2, -0.15) is 0 Å². The molecule has 0 amide bonds. The first-order chi connectivity index (χ1) is 2.64. The van der Waals surface area contributed by atoms with E-state index in [-0.39, 0.29) is 31.0 Å². The Morgan fingerprint density at radius 1 is 1.14 bits per heavy atom. The minimum absolute atomic E-state index is 0. The Morgan fingerprint density at radius 3 is 1.29 bits per heavy atom. The first-order valence-electron chi connectivity index (χ1n) is 0.865. The van der Waals surface area contributed by atoms with Crippen LogP contribution in [0.5, 0.6) is 0 Å². The van der Waals surface area contributed by atoms with Gasteiger partial charge < -0.3 is 1.43 Å². The van der Waals surface area contributed by atoms with Crippen molar-refractivity contribution in [2.45, 2.75) is 0 Å². The second-order valence-electron chi connectivity index (χ2n) is 0.434. The number of rotatable bonds is 1. The zero-order valence-corrected chi connectivity index (χ0v) is 7.16. The van der Waals surface area contributed by atoms with Crippen LogP contribution in [0.15, 0.2) is 0 Å². The maximum atomic E-state index is 9.26. The van der Waals surface area contributed by atoms with E-state index in [0.29, 0.717) is 0 Å². The Kier molecular flexibility index (Phi) is 8.48. The molecule has 0 saturated carbocycles. The molecule has 0 heterocycles. The molecule has 0 aliphatic rings. The van der Waals surface area contributed by atoms with Gasteiger partial charge >= 0.3 is 29.6 Å². The third-order valence-corrected chi connectivity index (χ3v) is 1.10. The van der Waals surface area contributed by atoms with Gasteiger partial charge in [-0.3, -0.25) is 9.11 Å². The molecule has 0 bridgehead atoms. The van der Waals surface area contributed by atoms with Crippen LogP contribution in [-0.4, -0.2) is 17.5 Å². The van der Waals surface area contributed by atoms with Gasteiger partial charge in [-0.15, -0.1) is 0 Å². The molecule has 0 fully saturated rings. The van der Waals surface area contributed by atoms with Crippen LogP contribution >= 0.6 is 0 Å². The van der Waals surface area contributed by atoms with E-state index < -0.39 is 20.2 Å². The van der Waals surface area contributed by atoms with Crippen LogP contribution in [0.3, 0.4) is 0 Å². The van der Waals surface area contributed by atoms with Crippen molar-refractivity contribution in [1.82, 2.24) is 0 Å². The summed E-state index contributed by atoms with van der Waals surface area (Å²) in [5.74, 6) is 0. The molecule has 2 N–H and O–H groups in total. The van der Waals surface area contributed by atoms with E-state index in [9.17, 15) is 8.42 Å². The van der Waals surface area contributed by atoms with Gasteiger partial charge in [-0.1, -0.05) is 0 Å². The van der Waals surface area contributed by atoms with Crippen molar-refractivity contribution in [2.24, 2.45) is 0 Å². The average molecular weight is 154 g/mol. The van der Waals surface area contributed by atoms with Gasteiger partial charge in [0.25, 0.3) is 20.2 Å². The van der Waals surface area contributed by atoms with Crippen LogP contribution in [0, 0.1) is 0 Å². The molecule has 4 nitrogen and oxygen atoms in total. The first kappa shape index (κ1) is 11.1. The third kappa shape index (κ3) is 7.22. The van der Waals surface area contributed by atoms with Gasteiger partial charge in [0.05, 0.1) is 0 Å². The molecule has 7 heteroatoms. The SMILES string of the molecule is O=S(O)S(=O)O.[H-].[Na+]. The van der Waals surface area contributed by atoms with Gasteiger partial charge in [0, 0.05) is 0 Å². The van der Waals surface area contributed by atoms with Crippen LogP contribution in [0.1, 0.15) is 1.43 Å². The quantitative estimate of drug-likeness (QED) is 0.233. The molecule has 0 aliphatic carbocycles. The van der Waals surface area contributed by atoms with E-state index in [0.717, 1.165) is 0 Å². The summed E-state index contributed by atoms with van der Waals surface area (Å²) in [6, 6.07) is 0. The molecule has 0 aliphatic heterocycles. The molecule has 0 aromatic rings. The summed E-state index contributed by atoms with van der Waals surface area (Å²) in [4.78, 5) is 0. The predicted molar refractivity (Wildman–Crippen MR) is 22.7 cm³/mol.